The maximum Gasteiger partial charge on any atom is 0.223 e. The highest BCUT2D eigenvalue weighted by atomic mass is 15.3. The molecule has 7 aromatic carbocycles. The Kier molecular flexibility index (Phi) is 3.78. The number of aromatic nitrogens is 5. The summed E-state index contributed by atoms with van der Waals surface area (Å²) in [4.78, 5) is 10.5. The molecule has 198 valence electrons. The number of nitrogens with zero attached hydrogens (tertiary/aromatic N) is 5. The van der Waals surface area contributed by atoms with Crippen molar-refractivity contribution in [3.63, 3.8) is 0 Å². The van der Waals surface area contributed by atoms with Gasteiger partial charge in [0.1, 0.15) is 5.52 Å². The van der Waals surface area contributed by atoms with E-state index in [1.807, 2.05) is 0 Å². The molecule has 0 N–H and O–H groups in total. The summed E-state index contributed by atoms with van der Waals surface area (Å²) in [6.07, 6.45) is 0. The first-order valence-electron chi connectivity index (χ1n) is 14.6. The van der Waals surface area contributed by atoms with Crippen molar-refractivity contribution in [1.29, 1.82) is 0 Å². The summed E-state index contributed by atoms with van der Waals surface area (Å²) in [7, 11) is 0. The Bertz CT molecular complexity index is 2790. The molecule has 0 radical (unpaired) electrons. The van der Waals surface area contributed by atoms with Crippen LogP contribution in [0.4, 0.5) is 0 Å². The molecule has 5 heteroatoms. The van der Waals surface area contributed by atoms with Gasteiger partial charge in [-0.05, 0) is 79.8 Å². The van der Waals surface area contributed by atoms with Crippen LogP contribution >= 0.6 is 0 Å². The van der Waals surface area contributed by atoms with E-state index in [1.54, 1.807) is 0 Å². The van der Waals surface area contributed by atoms with Gasteiger partial charge in [0.05, 0.1) is 33.1 Å². The van der Waals surface area contributed by atoms with E-state index in [2.05, 4.69) is 141 Å². The Balaban J connectivity index is 1.39. The van der Waals surface area contributed by atoms with Crippen LogP contribution in [0.1, 0.15) is 0 Å². The van der Waals surface area contributed by atoms with Crippen LogP contribution in [0.5, 0.6) is 0 Å². The zero-order valence-corrected chi connectivity index (χ0v) is 22.9. The van der Waals surface area contributed by atoms with E-state index in [0.29, 0.717) is 0 Å². The predicted octanol–water partition coefficient (Wildman–Crippen LogP) is 9.26. The zero-order chi connectivity index (χ0) is 27.8. The van der Waals surface area contributed by atoms with Crippen LogP contribution in [0.25, 0.3) is 93.6 Å². The number of hydrogen-bond donors (Lipinski definition) is 0. The van der Waals surface area contributed by atoms with E-state index < -0.39 is 0 Å². The van der Waals surface area contributed by atoms with Gasteiger partial charge in [-0.1, -0.05) is 91.0 Å². The lowest BCUT2D eigenvalue weighted by Crippen LogP contribution is -1.89. The van der Waals surface area contributed by atoms with E-state index >= 15 is 0 Å². The second-order valence-corrected chi connectivity index (χ2v) is 11.6. The van der Waals surface area contributed by atoms with Crippen LogP contribution in [0, 0.1) is 0 Å². The van der Waals surface area contributed by atoms with Gasteiger partial charge >= 0.3 is 0 Å². The minimum atomic E-state index is 0.884. The van der Waals surface area contributed by atoms with Crippen LogP contribution in [0.3, 0.4) is 0 Å². The summed E-state index contributed by atoms with van der Waals surface area (Å²) in [5, 5.41) is 7.28. The van der Waals surface area contributed by atoms with Gasteiger partial charge in [0.25, 0.3) is 0 Å². The van der Waals surface area contributed by atoms with E-state index in [-0.39, 0.29) is 0 Å². The van der Waals surface area contributed by atoms with Gasteiger partial charge in [-0.15, -0.1) is 0 Å². The molecule has 0 bridgehead atoms. The normalized spacial score (nSPS) is 12.7. The Hall–Kier alpha value is -5.94. The predicted molar refractivity (Wildman–Crippen MR) is 177 cm³/mol. The molecule has 4 aromatic heterocycles. The molecule has 11 aromatic rings. The average molecular weight is 548 g/mol. The highest BCUT2D eigenvalue weighted by molar-refractivity contribution is 6.10. The van der Waals surface area contributed by atoms with Crippen molar-refractivity contribution in [1.82, 2.24) is 23.2 Å². The first-order chi connectivity index (χ1) is 21.3. The fourth-order valence-corrected chi connectivity index (χ4v) is 7.37. The van der Waals surface area contributed by atoms with E-state index in [9.17, 15) is 0 Å². The quantitative estimate of drug-likeness (QED) is 0.205. The van der Waals surface area contributed by atoms with Crippen molar-refractivity contribution in [2.24, 2.45) is 0 Å². The second-order valence-electron chi connectivity index (χ2n) is 11.6. The summed E-state index contributed by atoms with van der Waals surface area (Å²) in [5.41, 5.74) is 9.97. The topological polar surface area (TPSA) is 39.0 Å². The number of fused-ring (bicyclic) bond motifs is 13. The van der Waals surface area contributed by atoms with Gasteiger partial charge in [-0.2, -0.15) is 0 Å². The molecule has 11 rings (SSSR count). The van der Waals surface area contributed by atoms with Crippen LogP contribution < -0.4 is 0 Å². The molecule has 0 atom stereocenters. The molecule has 0 unspecified atom stereocenters. The summed E-state index contributed by atoms with van der Waals surface area (Å²) in [6, 6.07) is 45.9. The van der Waals surface area contributed by atoms with Gasteiger partial charge in [-0.3, -0.25) is 8.80 Å². The standard InChI is InChI=1S/C38H21N5/c1-3-11-25-18-32-30(16-23(25)9-1)39-37-41(32)34-20-27(29-15-7-13-22-8-5-6-14-28(22)29)21-35-36(34)43(37)38-40-31-17-24-10-2-4-12-26(24)19-33(31)42(35)38/h1-21H. The molecular weight excluding hydrogens is 526 g/mol. The first kappa shape index (κ1) is 21.8. The number of benzene rings is 7. The molecule has 0 saturated carbocycles. The number of imidazole rings is 4. The molecular formula is C38H21N5. The van der Waals surface area contributed by atoms with Gasteiger partial charge < -0.3 is 0 Å². The Morgan fingerprint density at radius 2 is 0.884 bits per heavy atom. The largest absolute Gasteiger partial charge is 0.276 e. The van der Waals surface area contributed by atoms with Crippen LogP contribution in [-0.4, -0.2) is 23.2 Å². The smallest absolute Gasteiger partial charge is 0.223 e. The molecule has 0 spiro atoms. The van der Waals surface area contributed by atoms with Gasteiger partial charge in [0.2, 0.25) is 11.6 Å². The minimum absolute atomic E-state index is 0.884. The van der Waals surface area contributed by atoms with Crippen LogP contribution in [0.15, 0.2) is 127 Å². The van der Waals surface area contributed by atoms with Crippen molar-refractivity contribution in [2.45, 2.75) is 0 Å². The number of hydrogen-bond acceptors (Lipinski definition) is 2. The maximum atomic E-state index is 5.26. The third-order valence-corrected chi connectivity index (χ3v) is 9.28. The first-order valence-corrected chi connectivity index (χ1v) is 14.6. The van der Waals surface area contributed by atoms with Crippen LogP contribution in [-0.2, 0) is 0 Å². The fourth-order valence-electron chi connectivity index (χ4n) is 7.37. The van der Waals surface area contributed by atoms with Crippen molar-refractivity contribution in [3.8, 4) is 11.1 Å². The molecule has 0 amide bonds. The molecule has 0 saturated heterocycles. The molecule has 0 aliphatic heterocycles. The van der Waals surface area contributed by atoms with Crippen LogP contribution in [0.2, 0.25) is 0 Å². The molecule has 4 heterocycles. The Morgan fingerprint density at radius 1 is 0.395 bits per heavy atom. The molecule has 0 aliphatic carbocycles. The Morgan fingerprint density at radius 3 is 1.47 bits per heavy atom. The summed E-state index contributed by atoms with van der Waals surface area (Å²) in [5.74, 6) is 1.77. The highest BCUT2D eigenvalue weighted by Crippen LogP contribution is 2.40. The van der Waals surface area contributed by atoms with Crippen molar-refractivity contribution < 1.29 is 0 Å². The van der Waals surface area contributed by atoms with Crippen molar-refractivity contribution >= 4 is 82.5 Å². The van der Waals surface area contributed by atoms with Gasteiger partial charge in [0.15, 0.2) is 0 Å². The van der Waals surface area contributed by atoms with E-state index in [1.165, 1.54) is 43.4 Å². The average Bonchev–Trinajstić information content (AvgIpc) is 3.77. The fraction of sp³-hybridized carbons (Fsp3) is 0. The SMILES string of the molecule is c1ccc2cc3c(cc2c1)nc1n3c2cc(-c3cccc4ccccc34)cc3c2n1c1nc2cc4ccccc4cc2n31. The lowest BCUT2D eigenvalue weighted by atomic mass is 9.97. The second kappa shape index (κ2) is 7.46. The van der Waals surface area contributed by atoms with E-state index in [4.69, 9.17) is 9.97 Å². The molecule has 0 fully saturated rings. The summed E-state index contributed by atoms with van der Waals surface area (Å²) < 4.78 is 6.91. The van der Waals surface area contributed by atoms with Crippen molar-refractivity contribution in [3.05, 3.63) is 127 Å². The monoisotopic (exact) mass is 547 g/mol. The summed E-state index contributed by atoms with van der Waals surface area (Å²) >= 11 is 0. The molecule has 43 heavy (non-hydrogen) atoms. The van der Waals surface area contributed by atoms with Gasteiger partial charge in [-0.25, -0.2) is 14.4 Å². The minimum Gasteiger partial charge on any atom is -0.276 e. The summed E-state index contributed by atoms with van der Waals surface area (Å²) in [6.45, 7) is 0. The maximum absolute atomic E-state index is 5.26. The third kappa shape index (κ3) is 2.67. The number of rotatable bonds is 1. The zero-order valence-electron chi connectivity index (χ0n) is 22.9. The van der Waals surface area contributed by atoms with Gasteiger partial charge in [0, 0.05) is 0 Å². The highest BCUT2D eigenvalue weighted by Gasteiger charge is 2.25. The van der Waals surface area contributed by atoms with Crippen molar-refractivity contribution in [2.75, 3.05) is 0 Å². The lowest BCUT2D eigenvalue weighted by molar-refractivity contribution is 1.15. The molecule has 5 nitrogen and oxygen atoms in total. The molecule has 0 aliphatic rings. The van der Waals surface area contributed by atoms with E-state index in [0.717, 1.165) is 50.2 Å². The third-order valence-electron chi connectivity index (χ3n) is 9.28. The lowest BCUT2D eigenvalue weighted by Gasteiger charge is -2.09. The Labute approximate surface area is 243 Å².